The molecule has 138 valence electrons. The predicted octanol–water partition coefficient (Wildman–Crippen LogP) is 1.46. The molecule has 2 aliphatic rings. The Hall–Kier alpha value is -3.03. The number of benzene rings is 2. The van der Waals surface area contributed by atoms with Gasteiger partial charge in [0.2, 0.25) is 5.79 Å². The number of imide groups is 1. The van der Waals surface area contributed by atoms with Gasteiger partial charge in [0.15, 0.2) is 0 Å². The van der Waals surface area contributed by atoms with Crippen LogP contribution in [0.15, 0.2) is 54.6 Å². The lowest BCUT2D eigenvalue weighted by molar-refractivity contribution is -0.157. The van der Waals surface area contributed by atoms with E-state index in [1.807, 2.05) is 6.07 Å². The molecule has 0 saturated carbocycles. The Morgan fingerprint density at radius 1 is 0.926 bits per heavy atom. The molecule has 4 rings (SSSR count). The third kappa shape index (κ3) is 3.22. The number of carbonyl (C=O) groups excluding carboxylic acids is 3. The number of hydrogen-bond acceptors (Lipinski definition) is 5. The van der Waals surface area contributed by atoms with Gasteiger partial charge in [0.05, 0.1) is 37.4 Å². The molecule has 0 aromatic heterocycles. The van der Waals surface area contributed by atoms with Crippen molar-refractivity contribution in [1.82, 2.24) is 10.2 Å². The van der Waals surface area contributed by atoms with E-state index in [4.69, 9.17) is 9.47 Å². The molecule has 2 aromatic rings. The normalized spacial score (nSPS) is 17.9. The molecule has 1 N–H and O–H groups in total. The molecule has 2 aliphatic heterocycles. The molecule has 1 fully saturated rings. The maximum absolute atomic E-state index is 12.6. The lowest BCUT2D eigenvalue weighted by Crippen LogP contribution is -2.53. The van der Waals surface area contributed by atoms with E-state index in [9.17, 15) is 14.4 Å². The van der Waals surface area contributed by atoms with Crippen LogP contribution in [0.3, 0.4) is 0 Å². The van der Waals surface area contributed by atoms with Crippen LogP contribution in [0.2, 0.25) is 0 Å². The first-order valence-corrected chi connectivity index (χ1v) is 8.66. The maximum Gasteiger partial charge on any atom is 0.261 e. The lowest BCUT2D eigenvalue weighted by atomic mass is 10.1. The quantitative estimate of drug-likeness (QED) is 0.810. The van der Waals surface area contributed by atoms with Gasteiger partial charge >= 0.3 is 0 Å². The number of rotatable bonds is 5. The van der Waals surface area contributed by atoms with E-state index in [1.54, 1.807) is 48.5 Å². The summed E-state index contributed by atoms with van der Waals surface area (Å²) in [5, 5.41) is 2.77. The van der Waals surface area contributed by atoms with Crippen LogP contribution in [0.4, 0.5) is 0 Å². The van der Waals surface area contributed by atoms with E-state index < -0.39 is 5.79 Å². The van der Waals surface area contributed by atoms with Crippen molar-refractivity contribution < 1.29 is 23.9 Å². The average Bonchev–Trinajstić information content (AvgIpc) is 3.27. The first kappa shape index (κ1) is 17.4. The zero-order valence-electron chi connectivity index (χ0n) is 14.5. The highest BCUT2D eigenvalue weighted by molar-refractivity contribution is 6.21. The lowest BCUT2D eigenvalue weighted by Gasteiger charge is -2.31. The Morgan fingerprint density at radius 2 is 1.48 bits per heavy atom. The minimum absolute atomic E-state index is 0.0220. The number of ether oxygens (including phenoxy) is 2. The predicted molar refractivity (Wildman–Crippen MR) is 95.2 cm³/mol. The number of hydrogen-bond donors (Lipinski definition) is 1. The molecule has 0 spiro atoms. The van der Waals surface area contributed by atoms with E-state index >= 15 is 0 Å². The Bertz CT molecular complexity index is 855. The summed E-state index contributed by atoms with van der Waals surface area (Å²) >= 11 is 0. The monoisotopic (exact) mass is 366 g/mol. The number of nitrogens with zero attached hydrogens (tertiary/aromatic N) is 1. The Kier molecular flexibility index (Phi) is 4.47. The summed E-state index contributed by atoms with van der Waals surface area (Å²) in [5.74, 6) is -2.30. The summed E-state index contributed by atoms with van der Waals surface area (Å²) in [6.07, 6.45) is 0. The van der Waals surface area contributed by atoms with Crippen LogP contribution in [0.1, 0.15) is 31.1 Å². The molecule has 3 amide bonds. The summed E-state index contributed by atoms with van der Waals surface area (Å²) < 4.78 is 11.4. The van der Waals surface area contributed by atoms with E-state index in [2.05, 4.69) is 5.32 Å². The van der Waals surface area contributed by atoms with Crippen LogP contribution >= 0.6 is 0 Å². The van der Waals surface area contributed by atoms with Crippen LogP contribution in [0, 0.1) is 0 Å². The first-order valence-electron chi connectivity index (χ1n) is 8.66. The molecular formula is C20H18N2O5. The molecular weight excluding hydrogens is 348 g/mol. The van der Waals surface area contributed by atoms with Gasteiger partial charge in [-0.1, -0.05) is 30.3 Å². The fourth-order valence-electron chi connectivity index (χ4n) is 3.28. The van der Waals surface area contributed by atoms with Gasteiger partial charge in [-0.15, -0.1) is 0 Å². The van der Waals surface area contributed by atoms with Crippen molar-refractivity contribution in [3.05, 3.63) is 71.3 Å². The largest absolute Gasteiger partial charge is 0.347 e. The number of amides is 3. The Balaban J connectivity index is 1.49. The number of fused-ring (bicyclic) bond motifs is 1. The molecule has 0 aliphatic carbocycles. The molecule has 2 heterocycles. The topological polar surface area (TPSA) is 84.9 Å². The van der Waals surface area contributed by atoms with Gasteiger partial charge in [0, 0.05) is 5.56 Å². The molecule has 0 bridgehead atoms. The zero-order chi connectivity index (χ0) is 18.9. The van der Waals surface area contributed by atoms with Gasteiger partial charge in [-0.25, -0.2) is 0 Å². The molecule has 0 unspecified atom stereocenters. The molecule has 27 heavy (non-hydrogen) atoms. The number of nitrogens with one attached hydrogen (secondary N) is 1. The molecule has 0 radical (unpaired) electrons. The smallest absolute Gasteiger partial charge is 0.261 e. The second-order valence-corrected chi connectivity index (χ2v) is 6.40. The summed E-state index contributed by atoms with van der Waals surface area (Å²) in [6, 6.07) is 15.4. The van der Waals surface area contributed by atoms with Crippen LogP contribution in [0.5, 0.6) is 0 Å². The minimum Gasteiger partial charge on any atom is -0.347 e. The molecule has 1 saturated heterocycles. The third-order valence-electron chi connectivity index (χ3n) is 4.65. The van der Waals surface area contributed by atoms with Crippen LogP contribution in [0.25, 0.3) is 0 Å². The van der Waals surface area contributed by atoms with Crippen LogP contribution in [-0.4, -0.2) is 54.7 Å². The van der Waals surface area contributed by atoms with Gasteiger partial charge in [0.1, 0.15) is 0 Å². The second kappa shape index (κ2) is 6.94. The van der Waals surface area contributed by atoms with Crippen molar-refractivity contribution in [2.24, 2.45) is 0 Å². The summed E-state index contributed by atoms with van der Waals surface area (Å²) in [4.78, 5) is 38.6. The highest BCUT2D eigenvalue weighted by atomic mass is 16.7. The van der Waals surface area contributed by atoms with Crippen molar-refractivity contribution in [2.75, 3.05) is 26.3 Å². The molecule has 0 atom stereocenters. The SMILES string of the molecule is O=C(NCC1(CN2C(=O)c3ccccc3C2=O)OCCO1)c1ccccc1. The highest BCUT2D eigenvalue weighted by Crippen LogP contribution is 2.27. The van der Waals surface area contributed by atoms with E-state index in [1.165, 1.54) is 0 Å². The Labute approximate surface area is 155 Å². The van der Waals surface area contributed by atoms with E-state index in [0.29, 0.717) is 29.9 Å². The molecule has 7 nitrogen and oxygen atoms in total. The highest BCUT2D eigenvalue weighted by Gasteiger charge is 2.45. The van der Waals surface area contributed by atoms with Gasteiger partial charge < -0.3 is 14.8 Å². The van der Waals surface area contributed by atoms with Crippen molar-refractivity contribution in [3.8, 4) is 0 Å². The maximum atomic E-state index is 12.6. The molecule has 7 heteroatoms. The van der Waals surface area contributed by atoms with E-state index in [0.717, 1.165) is 4.90 Å². The minimum atomic E-state index is -1.25. The van der Waals surface area contributed by atoms with Gasteiger partial charge in [-0.3, -0.25) is 19.3 Å². The van der Waals surface area contributed by atoms with Crippen molar-refractivity contribution >= 4 is 17.7 Å². The van der Waals surface area contributed by atoms with E-state index in [-0.39, 0.29) is 30.8 Å². The fraction of sp³-hybridized carbons (Fsp3) is 0.250. The first-order chi connectivity index (χ1) is 13.1. The van der Waals surface area contributed by atoms with Crippen LogP contribution < -0.4 is 5.32 Å². The Morgan fingerprint density at radius 3 is 2.07 bits per heavy atom. The zero-order valence-corrected chi connectivity index (χ0v) is 14.5. The van der Waals surface area contributed by atoms with Gasteiger partial charge in [0.25, 0.3) is 17.7 Å². The average molecular weight is 366 g/mol. The van der Waals surface area contributed by atoms with Gasteiger partial charge in [-0.05, 0) is 24.3 Å². The van der Waals surface area contributed by atoms with Crippen molar-refractivity contribution in [1.29, 1.82) is 0 Å². The summed E-state index contributed by atoms with van der Waals surface area (Å²) in [6.45, 7) is 0.581. The fourth-order valence-corrected chi connectivity index (χ4v) is 3.28. The van der Waals surface area contributed by atoms with Crippen LogP contribution in [-0.2, 0) is 9.47 Å². The molecule has 2 aromatic carbocycles. The summed E-state index contributed by atoms with van der Waals surface area (Å²) in [7, 11) is 0. The number of carbonyl (C=O) groups is 3. The standard InChI is InChI=1S/C20H18N2O5/c23-17(14-6-2-1-3-7-14)21-12-20(26-10-11-27-20)13-22-18(24)15-8-4-5-9-16(15)19(22)25/h1-9H,10-13H2,(H,21,23). The third-order valence-corrected chi connectivity index (χ3v) is 4.65. The van der Waals surface area contributed by atoms with Crippen molar-refractivity contribution in [3.63, 3.8) is 0 Å². The van der Waals surface area contributed by atoms with Gasteiger partial charge in [-0.2, -0.15) is 0 Å². The summed E-state index contributed by atoms with van der Waals surface area (Å²) in [5.41, 5.74) is 1.24. The second-order valence-electron chi connectivity index (χ2n) is 6.40. The van der Waals surface area contributed by atoms with Crippen molar-refractivity contribution in [2.45, 2.75) is 5.79 Å².